The number of aliphatic imine (C=N–C) groups is 1. The van der Waals surface area contributed by atoms with Crippen molar-refractivity contribution in [1.29, 1.82) is 0 Å². The lowest BCUT2D eigenvalue weighted by Crippen LogP contribution is -2.37. The van der Waals surface area contributed by atoms with Crippen molar-refractivity contribution in [3.05, 3.63) is 24.2 Å². The van der Waals surface area contributed by atoms with Crippen LogP contribution in [0.3, 0.4) is 0 Å². The molecule has 0 aliphatic heterocycles. The molecule has 1 aliphatic carbocycles. The third-order valence-electron chi connectivity index (χ3n) is 3.10. The molecule has 2 rings (SSSR count). The zero-order valence-electron chi connectivity index (χ0n) is 9.80. The maximum Gasteiger partial charge on any atom is 0.188 e. The van der Waals surface area contributed by atoms with E-state index in [-0.39, 0.29) is 6.54 Å². The number of guanidine groups is 1. The average molecular weight is 237 g/mol. The highest BCUT2D eigenvalue weighted by molar-refractivity contribution is 5.77. The minimum atomic E-state index is -0.728. The predicted molar refractivity (Wildman–Crippen MR) is 65.5 cm³/mol. The fraction of sp³-hybridized carbons (Fsp3) is 0.583. The van der Waals surface area contributed by atoms with Crippen LogP contribution >= 0.6 is 0 Å². The van der Waals surface area contributed by atoms with Crippen molar-refractivity contribution in [2.45, 2.75) is 25.4 Å². The van der Waals surface area contributed by atoms with Gasteiger partial charge >= 0.3 is 0 Å². The van der Waals surface area contributed by atoms with Crippen LogP contribution in [-0.4, -0.2) is 24.2 Å². The number of nitrogens with one attached hydrogen (secondary N) is 1. The van der Waals surface area contributed by atoms with Gasteiger partial charge in [0.2, 0.25) is 0 Å². The Morgan fingerprint density at radius 1 is 1.65 bits per heavy atom. The molecule has 0 amide bonds. The highest BCUT2D eigenvalue weighted by Crippen LogP contribution is 2.24. The third kappa shape index (κ3) is 3.49. The van der Waals surface area contributed by atoms with E-state index in [0.717, 1.165) is 12.5 Å². The fourth-order valence-electron chi connectivity index (χ4n) is 1.76. The second-order valence-electron chi connectivity index (χ2n) is 4.43. The van der Waals surface area contributed by atoms with E-state index in [1.807, 2.05) is 0 Å². The van der Waals surface area contributed by atoms with Crippen LogP contribution in [0.2, 0.25) is 0 Å². The number of furan rings is 1. The van der Waals surface area contributed by atoms with Crippen molar-refractivity contribution in [1.82, 2.24) is 5.32 Å². The van der Waals surface area contributed by atoms with Gasteiger partial charge in [-0.25, -0.2) is 0 Å². The van der Waals surface area contributed by atoms with E-state index in [0.29, 0.717) is 11.7 Å². The lowest BCUT2D eigenvalue weighted by Gasteiger charge is -2.25. The topological polar surface area (TPSA) is 83.8 Å². The van der Waals surface area contributed by atoms with E-state index < -0.39 is 6.10 Å². The molecule has 4 N–H and O–H groups in total. The summed E-state index contributed by atoms with van der Waals surface area (Å²) in [7, 11) is 0. The molecule has 94 valence electrons. The zero-order chi connectivity index (χ0) is 12.1. The molecule has 1 unspecified atom stereocenters. The summed E-state index contributed by atoms with van der Waals surface area (Å²) in [4.78, 5) is 4.08. The highest BCUT2D eigenvalue weighted by Gasteiger charge is 2.17. The van der Waals surface area contributed by atoms with Crippen molar-refractivity contribution in [3.63, 3.8) is 0 Å². The second-order valence-corrected chi connectivity index (χ2v) is 4.43. The van der Waals surface area contributed by atoms with Gasteiger partial charge in [-0.15, -0.1) is 0 Å². The summed E-state index contributed by atoms with van der Waals surface area (Å²) < 4.78 is 5.07. The van der Waals surface area contributed by atoms with Gasteiger partial charge < -0.3 is 20.6 Å². The van der Waals surface area contributed by atoms with Crippen LogP contribution < -0.4 is 11.1 Å². The molecule has 1 aromatic rings. The SMILES string of the molecule is NC(=NCC(O)c1ccco1)NCC1CCC1. The average Bonchev–Trinajstić information content (AvgIpc) is 2.77. The molecule has 17 heavy (non-hydrogen) atoms. The van der Waals surface area contributed by atoms with Crippen LogP contribution in [-0.2, 0) is 0 Å². The summed E-state index contributed by atoms with van der Waals surface area (Å²) in [6.45, 7) is 1.10. The molecule has 0 bridgehead atoms. The molecule has 0 saturated heterocycles. The van der Waals surface area contributed by atoms with E-state index in [4.69, 9.17) is 10.2 Å². The van der Waals surface area contributed by atoms with E-state index in [9.17, 15) is 5.11 Å². The molecule has 1 saturated carbocycles. The summed E-state index contributed by atoms with van der Waals surface area (Å²) >= 11 is 0. The molecule has 1 heterocycles. The van der Waals surface area contributed by atoms with E-state index in [1.54, 1.807) is 12.1 Å². The summed E-state index contributed by atoms with van der Waals surface area (Å²) in [6, 6.07) is 3.46. The Morgan fingerprint density at radius 2 is 2.47 bits per heavy atom. The van der Waals surface area contributed by atoms with Crippen molar-refractivity contribution in [2.24, 2.45) is 16.6 Å². The number of hydrogen-bond donors (Lipinski definition) is 3. The van der Waals surface area contributed by atoms with E-state index in [1.165, 1.54) is 25.5 Å². The lowest BCUT2D eigenvalue weighted by molar-refractivity contribution is 0.158. The lowest BCUT2D eigenvalue weighted by atomic mass is 9.85. The van der Waals surface area contributed by atoms with Crippen molar-refractivity contribution in [3.8, 4) is 0 Å². The molecule has 1 atom stereocenters. The summed E-state index contributed by atoms with van der Waals surface area (Å²) in [5, 5.41) is 12.8. The Kier molecular flexibility index (Phi) is 4.03. The fourth-order valence-corrected chi connectivity index (χ4v) is 1.76. The minimum absolute atomic E-state index is 0.219. The number of aliphatic hydroxyl groups is 1. The number of nitrogens with zero attached hydrogens (tertiary/aromatic N) is 1. The van der Waals surface area contributed by atoms with Gasteiger partial charge in [-0.1, -0.05) is 6.42 Å². The van der Waals surface area contributed by atoms with Gasteiger partial charge in [-0.05, 0) is 30.9 Å². The first kappa shape index (κ1) is 12.0. The van der Waals surface area contributed by atoms with Gasteiger partial charge in [0.05, 0.1) is 12.8 Å². The maximum absolute atomic E-state index is 9.71. The summed E-state index contributed by atoms with van der Waals surface area (Å²) in [5.41, 5.74) is 5.70. The largest absolute Gasteiger partial charge is 0.467 e. The van der Waals surface area contributed by atoms with E-state index in [2.05, 4.69) is 10.3 Å². The first-order chi connectivity index (χ1) is 8.25. The third-order valence-corrected chi connectivity index (χ3v) is 3.10. The van der Waals surface area contributed by atoms with Gasteiger partial charge in [0.25, 0.3) is 0 Å². The van der Waals surface area contributed by atoms with Crippen LogP contribution in [0.25, 0.3) is 0 Å². The van der Waals surface area contributed by atoms with Crippen molar-refractivity contribution in [2.75, 3.05) is 13.1 Å². The Labute approximate surface area is 101 Å². The molecule has 1 aliphatic rings. The number of nitrogens with two attached hydrogens (primary N) is 1. The molecule has 0 radical (unpaired) electrons. The van der Waals surface area contributed by atoms with Gasteiger partial charge in [0.15, 0.2) is 5.96 Å². The molecule has 1 fully saturated rings. The maximum atomic E-state index is 9.71. The predicted octanol–water partition coefficient (Wildman–Crippen LogP) is 1.02. The zero-order valence-corrected chi connectivity index (χ0v) is 9.80. The van der Waals surface area contributed by atoms with Crippen LogP contribution in [0.5, 0.6) is 0 Å². The summed E-state index contributed by atoms with van der Waals surface area (Å²) in [5.74, 6) is 1.64. The quantitative estimate of drug-likeness (QED) is 0.527. The molecule has 0 aromatic carbocycles. The van der Waals surface area contributed by atoms with Crippen LogP contribution in [0.15, 0.2) is 27.8 Å². The van der Waals surface area contributed by atoms with Crippen molar-refractivity contribution < 1.29 is 9.52 Å². The van der Waals surface area contributed by atoms with E-state index >= 15 is 0 Å². The molecular formula is C12H19N3O2. The Morgan fingerprint density at radius 3 is 3.06 bits per heavy atom. The molecule has 1 aromatic heterocycles. The van der Waals surface area contributed by atoms with Gasteiger partial charge in [0, 0.05) is 6.54 Å². The first-order valence-corrected chi connectivity index (χ1v) is 6.01. The van der Waals surface area contributed by atoms with Gasteiger partial charge in [-0.2, -0.15) is 0 Å². The normalized spacial score (nSPS) is 18.8. The smallest absolute Gasteiger partial charge is 0.188 e. The van der Waals surface area contributed by atoms with Crippen molar-refractivity contribution >= 4 is 5.96 Å². The summed E-state index contributed by atoms with van der Waals surface area (Å²) in [6.07, 6.45) is 4.67. The number of rotatable bonds is 5. The molecule has 0 spiro atoms. The minimum Gasteiger partial charge on any atom is -0.467 e. The number of hydrogen-bond acceptors (Lipinski definition) is 3. The molecular weight excluding hydrogens is 218 g/mol. The van der Waals surface area contributed by atoms with Crippen LogP contribution in [0.1, 0.15) is 31.1 Å². The second kappa shape index (κ2) is 5.72. The monoisotopic (exact) mass is 237 g/mol. The van der Waals surface area contributed by atoms with Gasteiger partial charge in [0.1, 0.15) is 11.9 Å². The first-order valence-electron chi connectivity index (χ1n) is 6.01. The molecule has 5 heteroatoms. The van der Waals surface area contributed by atoms with Crippen LogP contribution in [0, 0.1) is 5.92 Å². The standard InChI is InChI=1S/C12H19N3O2/c13-12(14-7-9-3-1-4-9)15-8-10(16)11-5-2-6-17-11/h2,5-6,9-10,16H,1,3-4,7-8H2,(H3,13,14,15). The Hall–Kier alpha value is -1.49. The Balaban J connectivity index is 1.71. The van der Waals surface area contributed by atoms with Gasteiger partial charge in [-0.3, -0.25) is 4.99 Å². The van der Waals surface area contributed by atoms with Crippen LogP contribution in [0.4, 0.5) is 0 Å². The number of aliphatic hydroxyl groups excluding tert-OH is 1. The Bertz CT molecular complexity index is 358. The highest BCUT2D eigenvalue weighted by atomic mass is 16.4. The molecule has 5 nitrogen and oxygen atoms in total.